The number of hydrogen-bond donors (Lipinski definition) is 2. The number of nitrogens with one attached hydrogen (secondary N) is 2. The Morgan fingerprint density at radius 1 is 1.47 bits per heavy atom. The maximum atomic E-state index is 12.1. The largest absolute Gasteiger partial charge is 0.450 e. The third kappa shape index (κ3) is 2.67. The Bertz CT molecular complexity index is 603. The van der Waals surface area contributed by atoms with Crippen LogP contribution in [-0.2, 0) is 0 Å². The number of rotatable bonds is 2. The number of piperidine rings is 1. The quantitative estimate of drug-likeness (QED) is 0.893. The van der Waals surface area contributed by atoms with Crippen LogP contribution >= 0.6 is 15.9 Å². The lowest BCUT2D eigenvalue weighted by Gasteiger charge is -2.23. The zero-order valence-electron chi connectivity index (χ0n) is 10.4. The lowest BCUT2D eigenvalue weighted by Crippen LogP contribution is -2.45. The van der Waals surface area contributed by atoms with E-state index in [1.54, 1.807) is 6.07 Å². The third-order valence-electron chi connectivity index (χ3n) is 3.35. The molecule has 4 nitrogen and oxygen atoms in total. The van der Waals surface area contributed by atoms with Crippen molar-refractivity contribution in [3.63, 3.8) is 0 Å². The first-order valence-corrected chi connectivity index (χ1v) is 7.23. The number of fused-ring (bicyclic) bond motifs is 1. The fourth-order valence-corrected chi connectivity index (χ4v) is 2.83. The van der Waals surface area contributed by atoms with Gasteiger partial charge in [-0.1, -0.05) is 12.1 Å². The molecule has 0 radical (unpaired) electrons. The Hall–Kier alpha value is -1.33. The highest BCUT2D eigenvalue weighted by Gasteiger charge is 2.19. The van der Waals surface area contributed by atoms with Gasteiger partial charge in [0.25, 0.3) is 5.91 Å². The molecular formula is C14H15BrN2O2. The Balaban J connectivity index is 1.79. The highest BCUT2D eigenvalue weighted by molar-refractivity contribution is 9.10. The van der Waals surface area contributed by atoms with Crippen LogP contribution < -0.4 is 10.6 Å². The second-order valence-corrected chi connectivity index (χ2v) is 5.64. The van der Waals surface area contributed by atoms with Gasteiger partial charge in [0.15, 0.2) is 5.76 Å². The van der Waals surface area contributed by atoms with Crippen molar-refractivity contribution in [2.45, 2.75) is 18.9 Å². The highest BCUT2D eigenvalue weighted by Crippen LogP contribution is 2.26. The number of para-hydroxylation sites is 1. The van der Waals surface area contributed by atoms with Crippen molar-refractivity contribution in [2.75, 3.05) is 13.1 Å². The molecule has 1 aromatic heterocycles. The summed E-state index contributed by atoms with van der Waals surface area (Å²) in [6, 6.07) is 7.74. The molecule has 0 saturated carbocycles. The first kappa shape index (κ1) is 12.7. The summed E-state index contributed by atoms with van der Waals surface area (Å²) < 4.78 is 6.49. The van der Waals surface area contributed by atoms with E-state index in [-0.39, 0.29) is 11.9 Å². The Morgan fingerprint density at radius 3 is 3.11 bits per heavy atom. The lowest BCUT2D eigenvalue weighted by atomic mass is 10.1. The van der Waals surface area contributed by atoms with E-state index in [9.17, 15) is 4.79 Å². The van der Waals surface area contributed by atoms with Crippen LogP contribution in [0, 0.1) is 0 Å². The summed E-state index contributed by atoms with van der Waals surface area (Å²) in [4.78, 5) is 12.1. The van der Waals surface area contributed by atoms with Crippen molar-refractivity contribution in [3.8, 4) is 0 Å². The van der Waals surface area contributed by atoms with Gasteiger partial charge < -0.3 is 15.1 Å². The van der Waals surface area contributed by atoms with Crippen LogP contribution in [0.25, 0.3) is 11.0 Å². The van der Waals surface area contributed by atoms with Crippen molar-refractivity contribution in [2.24, 2.45) is 0 Å². The molecule has 1 aromatic carbocycles. The van der Waals surface area contributed by atoms with Crippen LogP contribution in [-0.4, -0.2) is 25.0 Å². The van der Waals surface area contributed by atoms with Gasteiger partial charge in [0.1, 0.15) is 5.58 Å². The van der Waals surface area contributed by atoms with Gasteiger partial charge in [-0.15, -0.1) is 0 Å². The molecule has 19 heavy (non-hydrogen) atoms. The van der Waals surface area contributed by atoms with Crippen molar-refractivity contribution in [3.05, 3.63) is 34.5 Å². The van der Waals surface area contributed by atoms with Gasteiger partial charge in [0.05, 0.1) is 4.47 Å². The topological polar surface area (TPSA) is 54.3 Å². The number of carbonyl (C=O) groups excluding carboxylic acids is 1. The maximum absolute atomic E-state index is 12.1. The van der Waals surface area contributed by atoms with E-state index in [2.05, 4.69) is 26.6 Å². The third-order valence-corrected chi connectivity index (χ3v) is 3.98. The average Bonchev–Trinajstić information content (AvgIpc) is 2.85. The second-order valence-electron chi connectivity index (χ2n) is 4.79. The zero-order valence-corrected chi connectivity index (χ0v) is 12.0. The molecule has 100 valence electrons. The summed E-state index contributed by atoms with van der Waals surface area (Å²) in [5.41, 5.74) is 0.717. The first-order valence-electron chi connectivity index (χ1n) is 6.44. The normalized spacial score (nSPS) is 19.5. The van der Waals surface area contributed by atoms with Gasteiger partial charge in [-0.3, -0.25) is 4.79 Å². The van der Waals surface area contributed by atoms with E-state index >= 15 is 0 Å². The molecule has 0 spiro atoms. The van der Waals surface area contributed by atoms with Gasteiger partial charge in [-0.2, -0.15) is 0 Å². The lowest BCUT2D eigenvalue weighted by molar-refractivity contribution is 0.0904. The number of benzene rings is 1. The van der Waals surface area contributed by atoms with E-state index in [0.29, 0.717) is 5.76 Å². The summed E-state index contributed by atoms with van der Waals surface area (Å²) in [6.07, 6.45) is 2.11. The van der Waals surface area contributed by atoms with E-state index in [1.165, 1.54) is 0 Å². The molecule has 0 aliphatic carbocycles. The molecule has 5 heteroatoms. The van der Waals surface area contributed by atoms with E-state index < -0.39 is 0 Å². The minimum absolute atomic E-state index is 0.142. The summed E-state index contributed by atoms with van der Waals surface area (Å²) in [5.74, 6) is 0.226. The molecule has 3 rings (SSSR count). The molecule has 1 aliphatic heterocycles. The Kier molecular flexibility index (Phi) is 3.57. The molecule has 0 unspecified atom stereocenters. The van der Waals surface area contributed by atoms with E-state index in [1.807, 2.05) is 18.2 Å². The standard InChI is InChI=1S/C14H15BrN2O2/c15-11-5-1-3-9-7-12(19-13(9)11)14(18)17-10-4-2-6-16-8-10/h1,3,5,7,10,16H,2,4,6,8H2,(H,17,18)/t10-/m0/s1. The molecule has 1 amide bonds. The summed E-state index contributed by atoms with van der Waals surface area (Å²) in [5, 5.41) is 7.21. The molecule has 2 aromatic rings. The SMILES string of the molecule is O=C(N[C@H]1CCCNC1)c1cc2cccc(Br)c2o1. The van der Waals surface area contributed by atoms with Gasteiger partial charge in [0, 0.05) is 18.0 Å². The van der Waals surface area contributed by atoms with Gasteiger partial charge in [0.2, 0.25) is 0 Å². The summed E-state index contributed by atoms with van der Waals surface area (Å²) in [7, 11) is 0. The molecule has 1 saturated heterocycles. The molecule has 2 heterocycles. The van der Waals surface area contributed by atoms with Gasteiger partial charge in [-0.05, 0) is 47.4 Å². The monoisotopic (exact) mass is 322 g/mol. The number of amides is 1. The maximum Gasteiger partial charge on any atom is 0.287 e. The van der Waals surface area contributed by atoms with Crippen LogP contribution in [0.5, 0.6) is 0 Å². The van der Waals surface area contributed by atoms with Crippen LogP contribution in [0.2, 0.25) is 0 Å². The Morgan fingerprint density at radius 2 is 2.37 bits per heavy atom. The fraction of sp³-hybridized carbons (Fsp3) is 0.357. The van der Waals surface area contributed by atoms with Crippen LogP contribution in [0.3, 0.4) is 0 Å². The van der Waals surface area contributed by atoms with Crippen LogP contribution in [0.15, 0.2) is 33.2 Å². The average molecular weight is 323 g/mol. The minimum atomic E-state index is -0.142. The molecule has 1 fully saturated rings. The second kappa shape index (κ2) is 5.35. The molecule has 2 N–H and O–H groups in total. The molecular weight excluding hydrogens is 308 g/mol. The van der Waals surface area contributed by atoms with Crippen molar-refractivity contribution in [1.29, 1.82) is 0 Å². The minimum Gasteiger partial charge on any atom is -0.450 e. The number of hydrogen-bond acceptors (Lipinski definition) is 3. The highest BCUT2D eigenvalue weighted by atomic mass is 79.9. The number of halogens is 1. The van der Waals surface area contributed by atoms with Crippen LogP contribution in [0.1, 0.15) is 23.4 Å². The van der Waals surface area contributed by atoms with Crippen molar-refractivity contribution in [1.82, 2.24) is 10.6 Å². The molecule has 1 atom stereocenters. The molecule has 1 aliphatic rings. The Labute approximate surface area is 119 Å². The summed E-state index contributed by atoms with van der Waals surface area (Å²) >= 11 is 3.42. The van der Waals surface area contributed by atoms with Crippen LogP contribution in [0.4, 0.5) is 0 Å². The van der Waals surface area contributed by atoms with E-state index in [4.69, 9.17) is 4.42 Å². The predicted molar refractivity (Wildman–Crippen MR) is 77.3 cm³/mol. The van der Waals surface area contributed by atoms with Crippen molar-refractivity contribution < 1.29 is 9.21 Å². The first-order chi connectivity index (χ1) is 9.24. The number of carbonyl (C=O) groups is 1. The smallest absolute Gasteiger partial charge is 0.287 e. The zero-order chi connectivity index (χ0) is 13.2. The number of furan rings is 1. The molecule has 0 bridgehead atoms. The van der Waals surface area contributed by atoms with E-state index in [0.717, 1.165) is 41.4 Å². The van der Waals surface area contributed by atoms with Crippen molar-refractivity contribution >= 4 is 32.8 Å². The summed E-state index contributed by atoms with van der Waals surface area (Å²) in [6.45, 7) is 1.86. The fourth-order valence-electron chi connectivity index (χ4n) is 2.37. The predicted octanol–water partition coefficient (Wildman–Crippen LogP) is 2.68. The van der Waals surface area contributed by atoms with Gasteiger partial charge >= 0.3 is 0 Å². The van der Waals surface area contributed by atoms with Gasteiger partial charge in [-0.25, -0.2) is 0 Å².